The minimum Gasteiger partial charge on any atom is -0.504 e. The second kappa shape index (κ2) is 6.53. The number of ether oxygens (including phenoxy) is 2. The Morgan fingerprint density at radius 1 is 1.26 bits per heavy atom. The Bertz CT molecular complexity index is 443. The van der Waals surface area contributed by atoms with Crippen LogP contribution in [0, 0.1) is 0 Å². The van der Waals surface area contributed by atoms with Crippen LogP contribution in [0.5, 0.6) is 5.75 Å². The summed E-state index contributed by atoms with van der Waals surface area (Å²) in [5.41, 5.74) is 5.18. The second-order valence-corrected chi connectivity index (χ2v) is 3.22. The molecule has 19 heavy (non-hydrogen) atoms. The first-order valence-corrected chi connectivity index (χ1v) is 5.02. The Kier molecular flexibility index (Phi) is 5.04. The molecule has 0 aliphatic rings. The summed E-state index contributed by atoms with van der Waals surface area (Å²) in [5, 5.41) is 0. The van der Waals surface area contributed by atoms with E-state index in [2.05, 4.69) is 20.3 Å². The third-order valence-corrected chi connectivity index (χ3v) is 1.77. The molecule has 0 bridgehead atoms. The molecule has 0 aliphatic carbocycles. The lowest BCUT2D eigenvalue weighted by Gasteiger charge is -2.10. The normalized spacial score (nSPS) is 11.2. The zero-order chi connectivity index (χ0) is 14.3. The van der Waals surface area contributed by atoms with Gasteiger partial charge in [0.1, 0.15) is 5.75 Å². The number of hydrogen-bond acceptors (Lipinski definition) is 4. The first-order chi connectivity index (χ1) is 8.90. The van der Waals surface area contributed by atoms with Gasteiger partial charge in [0, 0.05) is 6.08 Å². The number of amides is 1. The zero-order valence-electron chi connectivity index (χ0n) is 9.82. The van der Waals surface area contributed by atoms with Crippen LogP contribution in [-0.2, 0) is 9.53 Å². The van der Waals surface area contributed by atoms with E-state index < -0.39 is 12.3 Å². The van der Waals surface area contributed by atoms with E-state index in [1.807, 2.05) is 0 Å². The summed E-state index contributed by atoms with van der Waals surface area (Å²) in [5.74, 6) is -0.818. The second-order valence-electron chi connectivity index (χ2n) is 3.22. The van der Waals surface area contributed by atoms with Crippen LogP contribution < -0.4 is 15.6 Å². The largest absolute Gasteiger partial charge is 0.573 e. The third kappa shape index (κ3) is 6.20. The highest BCUT2D eigenvalue weighted by Gasteiger charge is 2.30. The molecular formula is C11H11F3N2O3. The molecule has 0 radical (unpaired) electrons. The molecule has 1 amide bonds. The van der Waals surface area contributed by atoms with Gasteiger partial charge in [-0.15, -0.1) is 13.2 Å². The maximum Gasteiger partial charge on any atom is 0.573 e. The molecule has 0 fully saturated rings. The van der Waals surface area contributed by atoms with Gasteiger partial charge in [-0.25, -0.2) is 0 Å². The number of halogens is 3. The number of carbonyl (C=O) groups is 1. The van der Waals surface area contributed by atoms with Crippen molar-refractivity contribution >= 4 is 11.6 Å². The lowest BCUT2D eigenvalue weighted by atomic mass is 10.3. The van der Waals surface area contributed by atoms with Crippen LogP contribution in [0.3, 0.4) is 0 Å². The highest BCUT2D eigenvalue weighted by Crippen LogP contribution is 2.23. The number of methoxy groups -OCH3 is 1. The van der Waals surface area contributed by atoms with E-state index in [-0.39, 0.29) is 5.75 Å². The molecule has 1 aromatic rings. The maximum absolute atomic E-state index is 11.9. The van der Waals surface area contributed by atoms with Crippen molar-refractivity contribution in [2.24, 2.45) is 0 Å². The fourth-order valence-electron chi connectivity index (χ4n) is 1.05. The van der Waals surface area contributed by atoms with Crippen molar-refractivity contribution in [1.82, 2.24) is 5.43 Å². The smallest absolute Gasteiger partial charge is 0.504 e. The van der Waals surface area contributed by atoms with Gasteiger partial charge in [-0.1, -0.05) is 0 Å². The highest BCUT2D eigenvalue weighted by atomic mass is 19.4. The molecule has 8 heteroatoms. The summed E-state index contributed by atoms with van der Waals surface area (Å²) in [7, 11) is 1.39. The first-order valence-electron chi connectivity index (χ1n) is 5.02. The van der Waals surface area contributed by atoms with E-state index in [0.717, 1.165) is 18.2 Å². The van der Waals surface area contributed by atoms with Gasteiger partial charge in [0.2, 0.25) is 0 Å². The molecular weight excluding hydrogens is 265 g/mol. The van der Waals surface area contributed by atoms with E-state index >= 15 is 0 Å². The van der Waals surface area contributed by atoms with Crippen LogP contribution in [0.4, 0.5) is 18.9 Å². The molecule has 0 unspecified atom stereocenters. The highest BCUT2D eigenvalue weighted by molar-refractivity contribution is 5.88. The number of alkyl halides is 3. The van der Waals surface area contributed by atoms with Crippen molar-refractivity contribution in [3.05, 3.63) is 36.6 Å². The summed E-state index contributed by atoms with van der Waals surface area (Å²) < 4.78 is 43.9. The number of benzene rings is 1. The number of carbonyl (C=O) groups excluding carboxylic acids is 1. The van der Waals surface area contributed by atoms with E-state index in [9.17, 15) is 18.0 Å². The molecule has 0 saturated heterocycles. The molecule has 0 heterocycles. The molecule has 1 rings (SSSR count). The Labute approximate surface area is 107 Å². The Hall–Kier alpha value is -2.38. The number of anilines is 1. The molecule has 5 nitrogen and oxygen atoms in total. The fourth-order valence-corrected chi connectivity index (χ4v) is 1.05. The van der Waals surface area contributed by atoms with Crippen molar-refractivity contribution in [1.29, 1.82) is 0 Å². The molecule has 0 aliphatic heterocycles. The SMILES string of the molecule is CO/C=C/C(=O)NNc1ccc(OC(F)(F)F)cc1. The van der Waals surface area contributed by atoms with Crippen LogP contribution in [0.25, 0.3) is 0 Å². The van der Waals surface area contributed by atoms with Gasteiger partial charge < -0.3 is 9.47 Å². The van der Waals surface area contributed by atoms with Crippen LogP contribution in [0.1, 0.15) is 0 Å². The average Bonchev–Trinajstić information content (AvgIpc) is 2.33. The number of hydrogen-bond donors (Lipinski definition) is 2. The van der Waals surface area contributed by atoms with Crippen molar-refractivity contribution in [2.75, 3.05) is 12.5 Å². The molecule has 0 atom stereocenters. The van der Waals surface area contributed by atoms with Crippen molar-refractivity contribution in [2.45, 2.75) is 6.36 Å². The molecule has 1 aromatic carbocycles. The molecule has 0 saturated carbocycles. The Morgan fingerprint density at radius 3 is 2.42 bits per heavy atom. The quantitative estimate of drug-likeness (QED) is 0.491. The average molecular weight is 276 g/mol. The van der Waals surface area contributed by atoms with Crippen molar-refractivity contribution in [3.63, 3.8) is 0 Å². The van der Waals surface area contributed by atoms with Gasteiger partial charge in [0.15, 0.2) is 0 Å². The van der Waals surface area contributed by atoms with Gasteiger partial charge in [0.05, 0.1) is 19.1 Å². The lowest BCUT2D eigenvalue weighted by Crippen LogP contribution is -2.27. The Balaban J connectivity index is 2.49. The first kappa shape index (κ1) is 14.7. The van der Waals surface area contributed by atoms with Gasteiger partial charge in [-0.05, 0) is 24.3 Å². The van der Waals surface area contributed by atoms with Crippen LogP contribution in [0.2, 0.25) is 0 Å². The van der Waals surface area contributed by atoms with Crippen LogP contribution >= 0.6 is 0 Å². The third-order valence-electron chi connectivity index (χ3n) is 1.77. The van der Waals surface area contributed by atoms with E-state index in [4.69, 9.17) is 0 Å². The summed E-state index contributed by atoms with van der Waals surface area (Å²) in [6, 6.07) is 4.88. The number of nitrogens with one attached hydrogen (secondary N) is 2. The molecule has 2 N–H and O–H groups in total. The minimum absolute atomic E-state index is 0.344. The standard InChI is InChI=1S/C11H11F3N2O3/c1-18-7-6-10(17)16-15-8-2-4-9(5-3-8)19-11(12,13)14/h2-7,15H,1H3,(H,16,17)/b7-6+. The summed E-state index contributed by atoms with van der Waals surface area (Å²) in [6.45, 7) is 0. The predicted octanol–water partition coefficient (Wildman–Crippen LogP) is 2.19. The minimum atomic E-state index is -4.73. The van der Waals surface area contributed by atoms with E-state index in [1.54, 1.807) is 0 Å². The Morgan fingerprint density at radius 2 is 1.89 bits per heavy atom. The zero-order valence-corrected chi connectivity index (χ0v) is 9.82. The van der Waals surface area contributed by atoms with Crippen LogP contribution in [-0.4, -0.2) is 19.4 Å². The monoisotopic (exact) mass is 276 g/mol. The van der Waals surface area contributed by atoms with Gasteiger partial charge >= 0.3 is 6.36 Å². The predicted molar refractivity (Wildman–Crippen MR) is 61.0 cm³/mol. The molecule has 0 spiro atoms. The fraction of sp³-hybridized carbons (Fsp3) is 0.182. The van der Waals surface area contributed by atoms with E-state index in [0.29, 0.717) is 5.69 Å². The molecule has 0 aromatic heterocycles. The number of hydrazine groups is 1. The number of rotatable bonds is 5. The van der Waals surface area contributed by atoms with E-state index in [1.165, 1.54) is 25.5 Å². The topological polar surface area (TPSA) is 59.6 Å². The maximum atomic E-state index is 11.9. The van der Waals surface area contributed by atoms with Gasteiger partial charge in [0.25, 0.3) is 5.91 Å². The van der Waals surface area contributed by atoms with Gasteiger partial charge in [-0.2, -0.15) is 0 Å². The lowest BCUT2D eigenvalue weighted by molar-refractivity contribution is -0.274. The van der Waals surface area contributed by atoms with Crippen molar-refractivity contribution in [3.8, 4) is 5.75 Å². The summed E-state index contributed by atoms with van der Waals surface area (Å²) >= 11 is 0. The summed E-state index contributed by atoms with van der Waals surface area (Å²) in [6.07, 6.45) is -2.42. The summed E-state index contributed by atoms with van der Waals surface area (Å²) in [4.78, 5) is 11.1. The molecule has 104 valence electrons. The van der Waals surface area contributed by atoms with Gasteiger partial charge in [-0.3, -0.25) is 15.6 Å². The van der Waals surface area contributed by atoms with Crippen LogP contribution in [0.15, 0.2) is 36.6 Å². The van der Waals surface area contributed by atoms with Crippen molar-refractivity contribution < 1.29 is 27.4 Å².